The van der Waals surface area contributed by atoms with Crippen molar-refractivity contribution < 1.29 is 32.6 Å². The van der Waals surface area contributed by atoms with Gasteiger partial charge in [0.05, 0.1) is 12.7 Å². The first-order chi connectivity index (χ1) is 17.9. The maximum Gasteiger partial charge on any atom is 0.256 e. The number of benzene rings is 2. The molecule has 0 saturated carbocycles. The summed E-state index contributed by atoms with van der Waals surface area (Å²) in [4.78, 5) is 42.9. The molecular formula is C27H29F2N3O5. The quantitative estimate of drug-likeness (QED) is 0.665. The second-order valence-electron chi connectivity index (χ2n) is 9.63. The molecule has 1 spiro atoms. The number of hydrogen-bond acceptors (Lipinski definition) is 5. The molecule has 3 amide bonds. The summed E-state index contributed by atoms with van der Waals surface area (Å²) in [5.74, 6) is -1.91. The number of piperidine rings is 1. The van der Waals surface area contributed by atoms with Crippen LogP contribution in [0.5, 0.6) is 0 Å². The first-order valence-corrected chi connectivity index (χ1v) is 12.5. The van der Waals surface area contributed by atoms with Gasteiger partial charge in [0.2, 0.25) is 5.91 Å². The lowest BCUT2D eigenvalue weighted by atomic mass is 9.96. The molecule has 0 unspecified atom stereocenters. The molecule has 2 aromatic rings. The Morgan fingerprint density at radius 2 is 1.51 bits per heavy atom. The molecule has 0 aromatic heterocycles. The van der Waals surface area contributed by atoms with Crippen LogP contribution in [-0.4, -0.2) is 78.2 Å². The van der Waals surface area contributed by atoms with Gasteiger partial charge in [-0.25, -0.2) is 8.78 Å². The largest absolute Gasteiger partial charge is 0.376 e. The third-order valence-corrected chi connectivity index (χ3v) is 7.32. The Hall–Kier alpha value is -3.37. The van der Waals surface area contributed by atoms with E-state index in [1.165, 1.54) is 53.4 Å². The summed E-state index contributed by atoms with van der Waals surface area (Å²) >= 11 is 0. The molecule has 3 heterocycles. The molecule has 0 bridgehead atoms. The number of amides is 3. The van der Waals surface area contributed by atoms with Crippen molar-refractivity contribution in [2.45, 2.75) is 43.6 Å². The fourth-order valence-electron chi connectivity index (χ4n) is 5.27. The third kappa shape index (κ3) is 5.21. The zero-order valence-corrected chi connectivity index (χ0v) is 20.3. The molecule has 8 nitrogen and oxygen atoms in total. The number of likely N-dealkylation sites (tertiary alicyclic amines) is 1. The minimum atomic E-state index is -1.09. The lowest BCUT2D eigenvalue weighted by molar-refractivity contribution is -0.128. The normalized spacial score (nSPS) is 22.9. The Bertz CT molecular complexity index is 1140. The Balaban J connectivity index is 1.34. The van der Waals surface area contributed by atoms with Gasteiger partial charge >= 0.3 is 0 Å². The average Bonchev–Trinajstić information content (AvgIpc) is 3.56. The molecule has 10 heteroatoms. The summed E-state index contributed by atoms with van der Waals surface area (Å²) in [5, 5.41) is 2.89. The van der Waals surface area contributed by atoms with Crippen LogP contribution >= 0.6 is 0 Å². The fourth-order valence-corrected chi connectivity index (χ4v) is 5.27. The van der Waals surface area contributed by atoms with E-state index in [-0.39, 0.29) is 43.2 Å². The molecule has 5 rings (SSSR count). The summed E-state index contributed by atoms with van der Waals surface area (Å²) in [6.45, 7) is 1.59. The Kier molecular flexibility index (Phi) is 7.21. The lowest BCUT2D eigenvalue weighted by Gasteiger charge is -2.44. The van der Waals surface area contributed by atoms with Gasteiger partial charge in [-0.1, -0.05) is 0 Å². The summed E-state index contributed by atoms with van der Waals surface area (Å²) < 4.78 is 38.6. The minimum absolute atomic E-state index is 0.0101. The van der Waals surface area contributed by atoms with Crippen LogP contribution < -0.4 is 5.32 Å². The summed E-state index contributed by atoms with van der Waals surface area (Å²) in [6, 6.07) is 9.65. The Morgan fingerprint density at radius 1 is 0.919 bits per heavy atom. The first kappa shape index (κ1) is 25.3. The highest BCUT2D eigenvalue weighted by atomic mass is 19.1. The van der Waals surface area contributed by atoms with Crippen LogP contribution in [0.4, 0.5) is 8.78 Å². The number of nitrogens with zero attached hydrogens (tertiary/aromatic N) is 2. The van der Waals surface area contributed by atoms with Gasteiger partial charge in [-0.15, -0.1) is 0 Å². The van der Waals surface area contributed by atoms with Gasteiger partial charge in [-0.3, -0.25) is 19.3 Å². The molecular weight excluding hydrogens is 484 g/mol. The third-order valence-electron chi connectivity index (χ3n) is 7.32. The van der Waals surface area contributed by atoms with Gasteiger partial charge in [0.15, 0.2) is 0 Å². The predicted octanol–water partition coefficient (Wildman–Crippen LogP) is 2.73. The Morgan fingerprint density at radius 3 is 2.08 bits per heavy atom. The monoisotopic (exact) mass is 513 g/mol. The van der Waals surface area contributed by atoms with Crippen molar-refractivity contribution in [1.82, 2.24) is 15.1 Å². The SMILES string of the molecule is O=C(NC[C@@H]1CCCO1)[C@H]1COC2(CCN(C(=O)c3ccc(F)cc3)CC2)N1C(=O)c1ccc(F)cc1. The molecule has 3 aliphatic heterocycles. The second kappa shape index (κ2) is 10.5. The van der Waals surface area contributed by atoms with E-state index >= 15 is 0 Å². The molecule has 196 valence electrons. The number of hydrogen-bond donors (Lipinski definition) is 1. The smallest absolute Gasteiger partial charge is 0.256 e. The summed E-state index contributed by atoms with van der Waals surface area (Å²) in [5.41, 5.74) is -0.472. The number of halogens is 2. The molecule has 2 atom stereocenters. The fraction of sp³-hybridized carbons (Fsp3) is 0.444. The lowest BCUT2D eigenvalue weighted by Crippen LogP contribution is -2.60. The maximum absolute atomic E-state index is 13.7. The van der Waals surface area contributed by atoms with Crippen LogP contribution in [0.1, 0.15) is 46.4 Å². The standard InChI is InChI=1S/C27H29F2N3O5/c28-20-7-3-18(4-8-20)25(34)31-13-11-27(12-14-31)32(26(35)19-5-9-21(29)10-6-19)23(17-37-27)24(33)30-16-22-2-1-15-36-22/h3-10,22-23H,1-2,11-17H2,(H,30,33)/t22-,23+/m0/s1. The zero-order valence-electron chi connectivity index (χ0n) is 20.3. The molecule has 3 saturated heterocycles. The van der Waals surface area contributed by atoms with E-state index in [2.05, 4.69) is 5.32 Å². The van der Waals surface area contributed by atoms with Crippen molar-refractivity contribution in [2.75, 3.05) is 32.8 Å². The van der Waals surface area contributed by atoms with Gasteiger partial charge in [-0.05, 0) is 61.4 Å². The van der Waals surface area contributed by atoms with Crippen molar-refractivity contribution >= 4 is 17.7 Å². The van der Waals surface area contributed by atoms with E-state index in [4.69, 9.17) is 9.47 Å². The number of carbonyl (C=O) groups excluding carboxylic acids is 3. The van der Waals surface area contributed by atoms with Crippen LogP contribution in [0.2, 0.25) is 0 Å². The minimum Gasteiger partial charge on any atom is -0.376 e. The van der Waals surface area contributed by atoms with Crippen LogP contribution in [0.25, 0.3) is 0 Å². The van der Waals surface area contributed by atoms with Crippen LogP contribution in [0.15, 0.2) is 48.5 Å². The van der Waals surface area contributed by atoms with Crippen molar-refractivity contribution in [2.24, 2.45) is 0 Å². The van der Waals surface area contributed by atoms with Crippen LogP contribution in [-0.2, 0) is 14.3 Å². The maximum atomic E-state index is 13.7. The highest BCUT2D eigenvalue weighted by Gasteiger charge is 2.54. The summed E-state index contributed by atoms with van der Waals surface area (Å²) in [7, 11) is 0. The molecule has 3 aliphatic rings. The molecule has 1 N–H and O–H groups in total. The number of nitrogens with one attached hydrogen (secondary N) is 1. The van der Waals surface area contributed by atoms with Crippen molar-refractivity contribution in [1.29, 1.82) is 0 Å². The molecule has 0 aliphatic carbocycles. The number of rotatable bonds is 5. The van der Waals surface area contributed by atoms with E-state index in [1.54, 1.807) is 4.90 Å². The van der Waals surface area contributed by atoms with Gasteiger partial charge in [0, 0.05) is 50.2 Å². The van der Waals surface area contributed by atoms with Gasteiger partial charge in [-0.2, -0.15) is 0 Å². The predicted molar refractivity (Wildman–Crippen MR) is 129 cm³/mol. The van der Waals surface area contributed by atoms with E-state index in [0.717, 1.165) is 12.8 Å². The van der Waals surface area contributed by atoms with E-state index in [1.807, 2.05) is 0 Å². The van der Waals surface area contributed by atoms with Crippen LogP contribution in [0, 0.1) is 11.6 Å². The molecule has 0 radical (unpaired) electrons. The van der Waals surface area contributed by atoms with Crippen molar-refractivity contribution in [3.8, 4) is 0 Å². The Labute approximate surface area is 213 Å². The van der Waals surface area contributed by atoms with Crippen molar-refractivity contribution in [3.05, 3.63) is 71.3 Å². The van der Waals surface area contributed by atoms with Crippen LogP contribution in [0.3, 0.4) is 0 Å². The summed E-state index contributed by atoms with van der Waals surface area (Å²) in [6.07, 6.45) is 2.34. The number of carbonyl (C=O) groups is 3. The van der Waals surface area contributed by atoms with Gasteiger partial charge < -0.3 is 19.7 Å². The van der Waals surface area contributed by atoms with Crippen molar-refractivity contribution in [3.63, 3.8) is 0 Å². The topological polar surface area (TPSA) is 88.2 Å². The van der Waals surface area contributed by atoms with E-state index in [0.29, 0.717) is 31.6 Å². The van der Waals surface area contributed by atoms with Gasteiger partial charge in [0.25, 0.3) is 11.8 Å². The van der Waals surface area contributed by atoms with Gasteiger partial charge in [0.1, 0.15) is 23.4 Å². The molecule has 2 aromatic carbocycles. The average molecular weight is 514 g/mol. The highest BCUT2D eigenvalue weighted by Crippen LogP contribution is 2.39. The second-order valence-corrected chi connectivity index (χ2v) is 9.63. The zero-order chi connectivity index (χ0) is 26.0. The van der Waals surface area contributed by atoms with E-state index in [9.17, 15) is 23.2 Å². The van der Waals surface area contributed by atoms with E-state index < -0.39 is 29.3 Å². The number of ether oxygens (including phenoxy) is 2. The molecule has 37 heavy (non-hydrogen) atoms. The highest BCUT2D eigenvalue weighted by molar-refractivity contribution is 5.98. The molecule has 3 fully saturated rings. The first-order valence-electron chi connectivity index (χ1n) is 12.5.